The number of hydrogen-bond acceptors (Lipinski definition) is 2. The fraction of sp³-hybridized carbons (Fsp3) is 0.800. The molecule has 9 heavy (non-hydrogen) atoms. The van der Waals surface area contributed by atoms with Crippen molar-refractivity contribution in [1.82, 2.24) is 0 Å². The Morgan fingerprint density at radius 3 is 2.78 bits per heavy atom. The summed E-state index contributed by atoms with van der Waals surface area (Å²) in [6, 6.07) is 0. The Morgan fingerprint density at radius 1 is 1.89 bits per heavy atom. The second kappa shape index (κ2) is 4.44. The maximum Gasteiger partial charge on any atom is 0.506 e. The van der Waals surface area contributed by atoms with Crippen molar-refractivity contribution in [3.63, 3.8) is 0 Å². The van der Waals surface area contributed by atoms with Gasteiger partial charge in [-0.3, -0.25) is 0 Å². The molecule has 0 radical (unpaired) electrons. The molecule has 0 saturated heterocycles. The second-order valence-corrected chi connectivity index (χ2v) is 2.05. The van der Waals surface area contributed by atoms with E-state index in [0.29, 0.717) is 12.3 Å². The van der Waals surface area contributed by atoms with Crippen LogP contribution in [0.15, 0.2) is 0 Å². The third-order valence-electron chi connectivity index (χ3n) is 0.818. The van der Waals surface area contributed by atoms with Crippen molar-refractivity contribution in [2.75, 3.05) is 5.88 Å². The first kappa shape index (κ1) is 8.56. The van der Waals surface area contributed by atoms with E-state index in [2.05, 4.69) is 4.74 Å². The van der Waals surface area contributed by atoms with Gasteiger partial charge in [0.1, 0.15) is 6.10 Å². The number of carbonyl (C=O) groups is 1. The van der Waals surface area contributed by atoms with Gasteiger partial charge in [0.2, 0.25) is 0 Å². The molecule has 1 N–H and O–H groups in total. The van der Waals surface area contributed by atoms with E-state index in [1.807, 2.05) is 0 Å². The summed E-state index contributed by atoms with van der Waals surface area (Å²) >= 11 is 5.31. The normalized spacial score (nSPS) is 12.7. The molecule has 0 aromatic heterocycles. The summed E-state index contributed by atoms with van der Waals surface area (Å²) in [4.78, 5) is 9.82. The summed E-state index contributed by atoms with van der Waals surface area (Å²) in [5.74, 6) is 0.425. The Balaban J connectivity index is 3.26. The van der Waals surface area contributed by atoms with Gasteiger partial charge in [-0.2, -0.15) is 0 Å². The standard InChI is InChI=1S/C5H9ClO3/c1-4(2-3-6)9-5(7)8/h4H,2-3H2,1H3,(H,7,8). The van der Waals surface area contributed by atoms with E-state index >= 15 is 0 Å². The average Bonchev–Trinajstić information content (AvgIpc) is 1.63. The molecule has 4 heteroatoms. The monoisotopic (exact) mass is 152 g/mol. The van der Waals surface area contributed by atoms with Crippen LogP contribution in [0.25, 0.3) is 0 Å². The highest BCUT2D eigenvalue weighted by Gasteiger charge is 2.04. The lowest BCUT2D eigenvalue weighted by Gasteiger charge is -2.06. The molecule has 1 atom stereocenters. The molecule has 54 valence electrons. The third kappa shape index (κ3) is 5.43. The number of hydrogen-bond donors (Lipinski definition) is 1. The molecule has 0 amide bonds. The minimum Gasteiger partial charge on any atom is -0.450 e. The van der Waals surface area contributed by atoms with E-state index in [0.717, 1.165) is 0 Å². The molecule has 0 spiro atoms. The van der Waals surface area contributed by atoms with Crippen LogP contribution in [0.5, 0.6) is 0 Å². The zero-order valence-electron chi connectivity index (χ0n) is 5.13. The lowest BCUT2D eigenvalue weighted by molar-refractivity contribution is 0.0580. The van der Waals surface area contributed by atoms with Crippen LogP contribution in [0.1, 0.15) is 13.3 Å². The van der Waals surface area contributed by atoms with Crippen LogP contribution >= 0.6 is 11.6 Å². The molecule has 0 aliphatic rings. The number of rotatable bonds is 3. The first-order valence-electron chi connectivity index (χ1n) is 2.62. The van der Waals surface area contributed by atoms with Crippen molar-refractivity contribution < 1.29 is 14.6 Å². The first-order chi connectivity index (χ1) is 4.16. The molecule has 3 nitrogen and oxygen atoms in total. The molecule has 1 unspecified atom stereocenters. The predicted molar refractivity (Wildman–Crippen MR) is 33.9 cm³/mol. The summed E-state index contributed by atoms with van der Waals surface area (Å²) in [5.41, 5.74) is 0. The lowest BCUT2D eigenvalue weighted by Crippen LogP contribution is -2.12. The van der Waals surface area contributed by atoms with Gasteiger partial charge in [-0.05, 0) is 13.3 Å². The summed E-state index contributed by atoms with van der Waals surface area (Å²) in [5, 5.41) is 8.05. The number of carboxylic acid groups (broad SMARTS) is 1. The lowest BCUT2D eigenvalue weighted by atomic mass is 10.3. The topological polar surface area (TPSA) is 46.5 Å². The highest BCUT2D eigenvalue weighted by atomic mass is 35.5. The van der Waals surface area contributed by atoms with Crippen molar-refractivity contribution >= 4 is 17.8 Å². The Bertz CT molecular complexity index is 94.2. The third-order valence-corrected chi connectivity index (χ3v) is 1.04. The smallest absolute Gasteiger partial charge is 0.450 e. The zero-order chi connectivity index (χ0) is 7.28. The summed E-state index contributed by atoms with van der Waals surface area (Å²) < 4.78 is 4.32. The van der Waals surface area contributed by atoms with Gasteiger partial charge in [0, 0.05) is 5.88 Å². The van der Waals surface area contributed by atoms with Crippen LogP contribution < -0.4 is 0 Å². The first-order valence-corrected chi connectivity index (χ1v) is 3.15. The fourth-order valence-electron chi connectivity index (χ4n) is 0.385. The van der Waals surface area contributed by atoms with Gasteiger partial charge in [-0.1, -0.05) is 0 Å². The van der Waals surface area contributed by atoms with Crippen molar-refractivity contribution in [2.45, 2.75) is 19.4 Å². The van der Waals surface area contributed by atoms with Gasteiger partial charge in [-0.15, -0.1) is 11.6 Å². The summed E-state index contributed by atoms with van der Waals surface area (Å²) in [7, 11) is 0. The maximum atomic E-state index is 9.82. The van der Waals surface area contributed by atoms with Crippen LogP contribution in [0.4, 0.5) is 4.79 Å². The van der Waals surface area contributed by atoms with Gasteiger partial charge >= 0.3 is 6.16 Å². The number of ether oxygens (including phenoxy) is 1. The minimum atomic E-state index is -1.24. The summed E-state index contributed by atoms with van der Waals surface area (Å²) in [6.07, 6.45) is -0.971. The van der Waals surface area contributed by atoms with Crippen molar-refractivity contribution in [3.05, 3.63) is 0 Å². The molecule has 0 aliphatic heterocycles. The van der Waals surface area contributed by atoms with Gasteiger partial charge in [-0.25, -0.2) is 4.79 Å². The van der Waals surface area contributed by atoms with Gasteiger partial charge in [0.25, 0.3) is 0 Å². The second-order valence-electron chi connectivity index (χ2n) is 1.67. The van der Waals surface area contributed by atoms with Crippen LogP contribution in [-0.4, -0.2) is 23.2 Å². The Morgan fingerprint density at radius 2 is 2.44 bits per heavy atom. The molecule has 0 fully saturated rings. The van der Waals surface area contributed by atoms with Gasteiger partial charge in [0.05, 0.1) is 0 Å². The molecular formula is C5H9ClO3. The average molecular weight is 153 g/mol. The van der Waals surface area contributed by atoms with Crippen molar-refractivity contribution in [3.8, 4) is 0 Å². The molecule has 0 aromatic carbocycles. The summed E-state index contributed by atoms with van der Waals surface area (Å²) in [6.45, 7) is 1.66. The molecule has 0 heterocycles. The van der Waals surface area contributed by atoms with Crippen molar-refractivity contribution in [2.24, 2.45) is 0 Å². The van der Waals surface area contributed by atoms with E-state index in [1.165, 1.54) is 0 Å². The van der Waals surface area contributed by atoms with E-state index in [9.17, 15) is 4.79 Å². The van der Waals surface area contributed by atoms with E-state index < -0.39 is 6.16 Å². The van der Waals surface area contributed by atoms with Crippen molar-refractivity contribution in [1.29, 1.82) is 0 Å². The molecule has 0 bridgehead atoms. The highest BCUT2D eigenvalue weighted by Crippen LogP contribution is 1.98. The molecular weight excluding hydrogens is 144 g/mol. The largest absolute Gasteiger partial charge is 0.506 e. The van der Waals surface area contributed by atoms with Gasteiger partial charge < -0.3 is 9.84 Å². The van der Waals surface area contributed by atoms with Crippen LogP contribution in [0.2, 0.25) is 0 Å². The molecule has 0 rings (SSSR count). The number of alkyl halides is 1. The number of halogens is 1. The van der Waals surface area contributed by atoms with Gasteiger partial charge in [0.15, 0.2) is 0 Å². The van der Waals surface area contributed by atoms with E-state index in [1.54, 1.807) is 6.92 Å². The SMILES string of the molecule is CC(CCCl)OC(=O)O. The molecule has 0 aromatic rings. The molecule has 0 saturated carbocycles. The minimum absolute atomic E-state index is 0.292. The Hall–Kier alpha value is -0.440. The quantitative estimate of drug-likeness (QED) is 0.495. The predicted octanol–water partition coefficient (Wildman–Crippen LogP) is 1.70. The fourth-order valence-corrected chi connectivity index (χ4v) is 0.692. The highest BCUT2D eigenvalue weighted by molar-refractivity contribution is 6.17. The van der Waals surface area contributed by atoms with Crippen LogP contribution in [-0.2, 0) is 4.74 Å². The Labute approximate surface area is 58.6 Å². The molecule has 0 aliphatic carbocycles. The Kier molecular flexibility index (Phi) is 4.22. The van der Waals surface area contributed by atoms with E-state index in [4.69, 9.17) is 16.7 Å². The maximum absolute atomic E-state index is 9.82. The van der Waals surface area contributed by atoms with E-state index in [-0.39, 0.29) is 6.10 Å². The van der Waals surface area contributed by atoms with Crippen LogP contribution in [0.3, 0.4) is 0 Å². The zero-order valence-corrected chi connectivity index (χ0v) is 5.89. The van der Waals surface area contributed by atoms with Crippen LogP contribution in [0, 0.1) is 0 Å².